The SMILES string of the molecule is CC(C)c1ccc(NC(=O)C(C2CCCC2)N2CCN(C(=O)Cc3cccs3)CC2)cc1. The van der Waals surface area contributed by atoms with E-state index in [1.54, 1.807) is 11.3 Å². The molecule has 2 aromatic rings. The van der Waals surface area contributed by atoms with Gasteiger partial charge in [0.25, 0.3) is 0 Å². The second-order valence-corrected chi connectivity index (χ2v) is 10.5. The minimum atomic E-state index is -0.114. The highest BCUT2D eigenvalue weighted by molar-refractivity contribution is 7.10. The van der Waals surface area contributed by atoms with Crippen LogP contribution in [0.4, 0.5) is 5.69 Å². The van der Waals surface area contributed by atoms with E-state index in [9.17, 15) is 9.59 Å². The van der Waals surface area contributed by atoms with Gasteiger partial charge in [0.15, 0.2) is 0 Å². The first kappa shape index (κ1) is 23.0. The topological polar surface area (TPSA) is 52.7 Å². The van der Waals surface area contributed by atoms with Crippen LogP contribution in [0.1, 0.15) is 55.9 Å². The Morgan fingerprint density at radius 3 is 2.31 bits per heavy atom. The second-order valence-electron chi connectivity index (χ2n) is 9.43. The average Bonchev–Trinajstić information content (AvgIpc) is 3.49. The Morgan fingerprint density at radius 1 is 1.03 bits per heavy atom. The fourth-order valence-corrected chi connectivity index (χ4v) is 5.74. The van der Waals surface area contributed by atoms with Crippen molar-refractivity contribution in [3.05, 3.63) is 52.2 Å². The molecule has 32 heavy (non-hydrogen) atoms. The quantitative estimate of drug-likeness (QED) is 0.658. The Balaban J connectivity index is 1.38. The minimum absolute atomic E-state index is 0.104. The summed E-state index contributed by atoms with van der Waals surface area (Å²) in [5, 5.41) is 5.20. The van der Waals surface area contributed by atoms with Gasteiger partial charge in [-0.15, -0.1) is 11.3 Å². The number of carbonyl (C=O) groups is 2. The van der Waals surface area contributed by atoms with E-state index in [1.165, 1.54) is 18.4 Å². The number of benzene rings is 1. The molecule has 0 bridgehead atoms. The van der Waals surface area contributed by atoms with Gasteiger partial charge >= 0.3 is 0 Å². The molecule has 2 amide bonds. The van der Waals surface area contributed by atoms with Gasteiger partial charge in [0.1, 0.15) is 0 Å². The zero-order valence-corrected chi connectivity index (χ0v) is 20.1. The minimum Gasteiger partial charge on any atom is -0.340 e. The highest BCUT2D eigenvalue weighted by Gasteiger charge is 2.37. The summed E-state index contributed by atoms with van der Waals surface area (Å²) in [5.41, 5.74) is 2.14. The monoisotopic (exact) mass is 453 g/mol. The lowest BCUT2D eigenvalue weighted by molar-refractivity contribution is -0.133. The first-order valence-corrected chi connectivity index (χ1v) is 12.8. The van der Waals surface area contributed by atoms with Crippen LogP contribution < -0.4 is 5.32 Å². The number of rotatable bonds is 7. The summed E-state index contributed by atoms with van der Waals surface area (Å²) in [7, 11) is 0. The van der Waals surface area contributed by atoms with Crippen LogP contribution in [0.15, 0.2) is 41.8 Å². The average molecular weight is 454 g/mol. The van der Waals surface area contributed by atoms with Crippen molar-refractivity contribution in [2.45, 2.75) is 57.9 Å². The smallest absolute Gasteiger partial charge is 0.242 e. The van der Waals surface area contributed by atoms with Crippen molar-refractivity contribution >= 4 is 28.8 Å². The van der Waals surface area contributed by atoms with E-state index in [-0.39, 0.29) is 17.9 Å². The maximum Gasteiger partial charge on any atom is 0.242 e. The predicted octanol–water partition coefficient (Wildman–Crippen LogP) is 4.76. The van der Waals surface area contributed by atoms with Crippen molar-refractivity contribution in [2.24, 2.45) is 5.92 Å². The normalized spacial score (nSPS) is 18.8. The molecule has 1 aliphatic carbocycles. The molecule has 1 N–H and O–H groups in total. The van der Waals surface area contributed by atoms with Gasteiger partial charge in [0, 0.05) is 36.7 Å². The molecule has 0 radical (unpaired) electrons. The van der Waals surface area contributed by atoms with Crippen LogP contribution in [0.3, 0.4) is 0 Å². The molecule has 5 nitrogen and oxygen atoms in total. The second kappa shape index (κ2) is 10.6. The molecule has 1 atom stereocenters. The van der Waals surface area contributed by atoms with Gasteiger partial charge in [-0.1, -0.05) is 44.9 Å². The number of carbonyl (C=O) groups excluding carboxylic acids is 2. The van der Waals surface area contributed by atoms with E-state index in [1.807, 2.05) is 34.5 Å². The molecule has 1 saturated carbocycles. The Bertz CT molecular complexity index is 880. The Labute approximate surface area is 195 Å². The summed E-state index contributed by atoms with van der Waals surface area (Å²) >= 11 is 1.63. The van der Waals surface area contributed by atoms with Crippen LogP contribution >= 0.6 is 11.3 Å². The number of hydrogen-bond acceptors (Lipinski definition) is 4. The van der Waals surface area contributed by atoms with Gasteiger partial charge < -0.3 is 10.2 Å². The molecule has 1 aliphatic heterocycles. The molecule has 1 saturated heterocycles. The van der Waals surface area contributed by atoms with Crippen molar-refractivity contribution in [1.29, 1.82) is 0 Å². The fraction of sp³-hybridized carbons (Fsp3) is 0.538. The lowest BCUT2D eigenvalue weighted by Crippen LogP contribution is -2.57. The summed E-state index contributed by atoms with van der Waals surface area (Å²) in [4.78, 5) is 31.5. The highest BCUT2D eigenvalue weighted by atomic mass is 32.1. The maximum atomic E-state index is 13.4. The molecule has 2 heterocycles. The number of thiophene rings is 1. The molecule has 6 heteroatoms. The van der Waals surface area contributed by atoms with Crippen LogP contribution in [0.25, 0.3) is 0 Å². The summed E-state index contributed by atoms with van der Waals surface area (Å²) in [5.74, 6) is 1.18. The Kier molecular flexibility index (Phi) is 7.63. The number of hydrogen-bond donors (Lipinski definition) is 1. The molecule has 4 rings (SSSR count). The number of nitrogens with one attached hydrogen (secondary N) is 1. The van der Waals surface area contributed by atoms with Crippen LogP contribution in [-0.2, 0) is 16.0 Å². The first-order valence-electron chi connectivity index (χ1n) is 12.0. The molecule has 1 aromatic heterocycles. The third-order valence-electron chi connectivity index (χ3n) is 6.93. The summed E-state index contributed by atoms with van der Waals surface area (Å²) in [6, 6.07) is 12.1. The molecular formula is C26H35N3O2S. The number of amides is 2. The third kappa shape index (κ3) is 5.59. The van der Waals surface area contributed by atoms with E-state index in [2.05, 4.69) is 36.2 Å². The lowest BCUT2D eigenvalue weighted by Gasteiger charge is -2.40. The van der Waals surface area contributed by atoms with Crippen molar-refractivity contribution in [1.82, 2.24) is 9.80 Å². The van der Waals surface area contributed by atoms with E-state index in [4.69, 9.17) is 0 Å². The van der Waals surface area contributed by atoms with E-state index in [0.29, 0.717) is 31.3 Å². The van der Waals surface area contributed by atoms with Gasteiger partial charge in [0.05, 0.1) is 12.5 Å². The van der Waals surface area contributed by atoms with Crippen molar-refractivity contribution in [2.75, 3.05) is 31.5 Å². The number of anilines is 1. The first-order chi connectivity index (χ1) is 15.5. The zero-order chi connectivity index (χ0) is 22.5. The van der Waals surface area contributed by atoms with Gasteiger partial charge in [-0.2, -0.15) is 0 Å². The maximum absolute atomic E-state index is 13.4. The number of nitrogens with zero attached hydrogens (tertiary/aromatic N) is 2. The van der Waals surface area contributed by atoms with E-state index < -0.39 is 0 Å². The van der Waals surface area contributed by atoms with Gasteiger partial charge in [-0.25, -0.2) is 0 Å². The Hall–Kier alpha value is -2.18. The summed E-state index contributed by atoms with van der Waals surface area (Å²) in [6.45, 7) is 7.27. The van der Waals surface area contributed by atoms with Crippen LogP contribution in [0.5, 0.6) is 0 Å². The summed E-state index contributed by atoms with van der Waals surface area (Å²) < 4.78 is 0. The molecule has 172 valence electrons. The van der Waals surface area contributed by atoms with E-state index in [0.717, 1.165) is 36.5 Å². The third-order valence-corrected chi connectivity index (χ3v) is 7.80. The Morgan fingerprint density at radius 2 is 1.72 bits per heavy atom. The number of piperazine rings is 1. The van der Waals surface area contributed by atoms with Crippen LogP contribution in [-0.4, -0.2) is 53.8 Å². The molecule has 2 fully saturated rings. The van der Waals surface area contributed by atoms with Crippen molar-refractivity contribution in [3.8, 4) is 0 Å². The largest absolute Gasteiger partial charge is 0.340 e. The molecule has 2 aliphatic rings. The van der Waals surface area contributed by atoms with Gasteiger partial charge in [0.2, 0.25) is 11.8 Å². The molecule has 1 aromatic carbocycles. The van der Waals surface area contributed by atoms with Crippen LogP contribution in [0, 0.1) is 5.92 Å². The van der Waals surface area contributed by atoms with Crippen molar-refractivity contribution in [3.63, 3.8) is 0 Å². The van der Waals surface area contributed by atoms with Gasteiger partial charge in [-0.05, 0) is 53.8 Å². The zero-order valence-electron chi connectivity index (χ0n) is 19.3. The molecule has 1 unspecified atom stereocenters. The molecule has 0 spiro atoms. The van der Waals surface area contributed by atoms with Gasteiger partial charge in [-0.3, -0.25) is 14.5 Å². The highest BCUT2D eigenvalue weighted by Crippen LogP contribution is 2.32. The lowest BCUT2D eigenvalue weighted by atomic mass is 9.94. The molecular weight excluding hydrogens is 418 g/mol. The standard InChI is InChI=1S/C26H35N3O2S/c1-19(2)20-9-11-22(12-10-20)27-26(31)25(21-6-3-4-7-21)29-15-13-28(14-16-29)24(30)18-23-8-5-17-32-23/h5,8-12,17,19,21,25H,3-4,6-7,13-16,18H2,1-2H3,(H,27,31). The predicted molar refractivity (Wildman–Crippen MR) is 131 cm³/mol. The van der Waals surface area contributed by atoms with Crippen LogP contribution in [0.2, 0.25) is 0 Å². The fourth-order valence-electron chi connectivity index (χ4n) is 5.04. The summed E-state index contributed by atoms with van der Waals surface area (Å²) in [6.07, 6.45) is 5.12. The van der Waals surface area contributed by atoms with Crippen molar-refractivity contribution < 1.29 is 9.59 Å². The van der Waals surface area contributed by atoms with E-state index >= 15 is 0 Å².